The molecule has 0 aliphatic heterocycles. The molecule has 0 aliphatic rings. The van der Waals surface area contributed by atoms with Crippen LogP contribution in [0.1, 0.15) is 10.4 Å². The van der Waals surface area contributed by atoms with Crippen LogP contribution in [0.15, 0.2) is 43.5 Å². The zero-order chi connectivity index (χ0) is 14.0. The maximum atomic E-state index is 12.2. The number of thiophene rings is 1. The minimum absolute atomic E-state index is 0.280. The largest absolute Gasteiger partial charge is 0.242 e. The van der Waals surface area contributed by atoms with E-state index in [2.05, 4.69) is 36.6 Å². The van der Waals surface area contributed by atoms with Gasteiger partial charge < -0.3 is 0 Å². The summed E-state index contributed by atoms with van der Waals surface area (Å²) in [6.07, 6.45) is 0. The molecule has 102 valence electrons. The van der Waals surface area contributed by atoms with E-state index in [1.54, 1.807) is 13.0 Å². The van der Waals surface area contributed by atoms with E-state index in [-0.39, 0.29) is 6.54 Å². The van der Waals surface area contributed by atoms with E-state index in [1.807, 2.05) is 24.3 Å². The molecule has 0 spiro atoms. The molecule has 3 nitrogen and oxygen atoms in total. The van der Waals surface area contributed by atoms with E-state index in [0.29, 0.717) is 4.90 Å². The summed E-state index contributed by atoms with van der Waals surface area (Å²) in [5.41, 5.74) is 0.915. The average Bonchev–Trinajstić information content (AvgIpc) is 2.69. The highest BCUT2D eigenvalue weighted by molar-refractivity contribution is 9.11. The van der Waals surface area contributed by atoms with Crippen LogP contribution in [0.4, 0.5) is 0 Å². The summed E-state index contributed by atoms with van der Waals surface area (Å²) in [4.78, 5) is 1.11. The van der Waals surface area contributed by atoms with Gasteiger partial charge in [-0.3, -0.25) is 0 Å². The molecule has 0 atom stereocenters. The van der Waals surface area contributed by atoms with Crippen molar-refractivity contribution in [2.75, 3.05) is 0 Å². The van der Waals surface area contributed by atoms with Crippen LogP contribution in [0.3, 0.4) is 0 Å². The third-order valence-corrected chi connectivity index (χ3v) is 6.25. The lowest BCUT2D eigenvalue weighted by Crippen LogP contribution is -2.23. The highest BCUT2D eigenvalue weighted by atomic mass is 79.9. The molecule has 0 amide bonds. The van der Waals surface area contributed by atoms with Gasteiger partial charge in [0.25, 0.3) is 0 Å². The van der Waals surface area contributed by atoms with Crippen LogP contribution in [-0.4, -0.2) is 8.42 Å². The quantitative estimate of drug-likeness (QED) is 0.804. The molecule has 1 N–H and O–H groups in total. The van der Waals surface area contributed by atoms with E-state index < -0.39 is 10.0 Å². The topological polar surface area (TPSA) is 46.2 Å². The van der Waals surface area contributed by atoms with Crippen LogP contribution in [-0.2, 0) is 16.6 Å². The van der Waals surface area contributed by atoms with E-state index in [9.17, 15) is 8.42 Å². The van der Waals surface area contributed by atoms with Crippen LogP contribution in [0.25, 0.3) is 0 Å². The molecule has 1 heterocycles. The monoisotopic (exact) mass is 423 g/mol. The molecule has 0 bridgehead atoms. The molecular weight excluding hydrogens is 414 g/mol. The van der Waals surface area contributed by atoms with Gasteiger partial charge in [0.2, 0.25) is 10.0 Å². The van der Waals surface area contributed by atoms with Gasteiger partial charge in [-0.2, -0.15) is 0 Å². The van der Waals surface area contributed by atoms with Crippen molar-refractivity contribution in [2.45, 2.75) is 18.4 Å². The van der Waals surface area contributed by atoms with Crippen LogP contribution in [0.5, 0.6) is 0 Å². The minimum Gasteiger partial charge on any atom is -0.207 e. The summed E-state index contributed by atoms with van der Waals surface area (Å²) in [7, 11) is -3.46. The fourth-order valence-corrected chi connectivity index (χ4v) is 5.25. The normalized spacial score (nSPS) is 11.7. The number of aryl methyl sites for hydroxylation is 1. The zero-order valence-electron chi connectivity index (χ0n) is 9.98. The minimum atomic E-state index is -3.46. The van der Waals surface area contributed by atoms with E-state index in [1.165, 1.54) is 11.3 Å². The Morgan fingerprint density at radius 1 is 1.21 bits per heavy atom. The lowest BCUT2D eigenvalue weighted by Gasteiger charge is -2.06. The molecule has 2 aromatic rings. The highest BCUT2D eigenvalue weighted by Crippen LogP contribution is 2.29. The molecule has 0 aliphatic carbocycles. The Hall–Kier alpha value is -0.210. The first kappa shape index (κ1) is 15.2. The van der Waals surface area contributed by atoms with Crippen LogP contribution < -0.4 is 4.72 Å². The van der Waals surface area contributed by atoms with Gasteiger partial charge in [-0.25, -0.2) is 13.1 Å². The Kier molecular flexibility index (Phi) is 4.84. The van der Waals surface area contributed by atoms with Gasteiger partial charge in [-0.15, -0.1) is 11.3 Å². The summed E-state index contributed by atoms with van der Waals surface area (Å²) in [6, 6.07) is 9.15. The van der Waals surface area contributed by atoms with Crippen molar-refractivity contribution in [3.8, 4) is 0 Å². The van der Waals surface area contributed by atoms with Gasteiger partial charge in [0.15, 0.2) is 0 Å². The summed E-state index contributed by atoms with van der Waals surface area (Å²) in [6.45, 7) is 2.08. The maximum absolute atomic E-state index is 12.2. The second kappa shape index (κ2) is 6.05. The van der Waals surface area contributed by atoms with Crippen molar-refractivity contribution in [1.29, 1.82) is 0 Å². The van der Waals surface area contributed by atoms with E-state index in [0.717, 1.165) is 18.7 Å². The van der Waals surface area contributed by atoms with E-state index in [4.69, 9.17) is 0 Å². The molecule has 0 radical (unpaired) electrons. The standard InChI is InChI=1S/C12H11Br2NO2S2/c1-8-11(6-12(14)18-8)19(16,17)15-7-9-2-4-10(13)5-3-9/h2-6,15H,7H2,1H3. The Labute approximate surface area is 133 Å². The molecule has 7 heteroatoms. The number of nitrogens with one attached hydrogen (secondary N) is 1. The van der Waals surface area contributed by atoms with Crippen LogP contribution in [0.2, 0.25) is 0 Å². The average molecular weight is 425 g/mol. The molecule has 0 unspecified atom stereocenters. The van der Waals surface area contributed by atoms with Gasteiger partial charge >= 0.3 is 0 Å². The SMILES string of the molecule is Cc1sc(Br)cc1S(=O)(=O)NCc1ccc(Br)cc1. The number of hydrogen-bond acceptors (Lipinski definition) is 3. The summed E-state index contributed by atoms with van der Waals surface area (Å²) in [5, 5.41) is 0. The van der Waals surface area contributed by atoms with Gasteiger partial charge in [-0.05, 0) is 46.6 Å². The third-order valence-electron chi connectivity index (χ3n) is 2.51. The van der Waals surface area contributed by atoms with Crippen molar-refractivity contribution in [1.82, 2.24) is 4.72 Å². The molecule has 0 saturated heterocycles. The van der Waals surface area contributed by atoms with Crippen molar-refractivity contribution in [3.63, 3.8) is 0 Å². The van der Waals surface area contributed by atoms with Gasteiger partial charge in [0.05, 0.1) is 8.68 Å². The van der Waals surface area contributed by atoms with Crippen molar-refractivity contribution < 1.29 is 8.42 Å². The van der Waals surface area contributed by atoms with Gasteiger partial charge in [0.1, 0.15) is 0 Å². The molecule has 2 rings (SSSR count). The lowest BCUT2D eigenvalue weighted by molar-refractivity contribution is 0.581. The Bertz CT molecular complexity index is 678. The Balaban J connectivity index is 2.14. The number of sulfonamides is 1. The molecule has 0 fully saturated rings. The van der Waals surface area contributed by atoms with Crippen molar-refractivity contribution in [3.05, 3.63) is 49.0 Å². The molecule has 1 aromatic carbocycles. The first-order valence-electron chi connectivity index (χ1n) is 5.38. The highest BCUT2D eigenvalue weighted by Gasteiger charge is 2.18. The summed E-state index contributed by atoms with van der Waals surface area (Å²) in [5.74, 6) is 0. The molecule has 19 heavy (non-hydrogen) atoms. The number of hydrogen-bond donors (Lipinski definition) is 1. The second-order valence-electron chi connectivity index (χ2n) is 3.92. The maximum Gasteiger partial charge on any atom is 0.242 e. The Morgan fingerprint density at radius 2 is 1.84 bits per heavy atom. The molecule has 1 aromatic heterocycles. The van der Waals surface area contributed by atoms with E-state index >= 15 is 0 Å². The number of halogens is 2. The predicted molar refractivity (Wildman–Crippen MR) is 84.9 cm³/mol. The fraction of sp³-hybridized carbons (Fsp3) is 0.167. The van der Waals surface area contributed by atoms with Crippen LogP contribution in [0, 0.1) is 6.92 Å². The molecule has 0 saturated carbocycles. The van der Waals surface area contributed by atoms with Gasteiger partial charge in [-0.1, -0.05) is 28.1 Å². The third kappa shape index (κ3) is 3.88. The van der Waals surface area contributed by atoms with Crippen LogP contribution >= 0.6 is 43.2 Å². The van der Waals surface area contributed by atoms with Gasteiger partial charge in [0, 0.05) is 15.9 Å². The Morgan fingerprint density at radius 3 is 2.37 bits per heavy atom. The fourth-order valence-electron chi connectivity index (χ4n) is 1.56. The zero-order valence-corrected chi connectivity index (χ0v) is 14.8. The van der Waals surface area contributed by atoms with Crippen molar-refractivity contribution >= 4 is 53.2 Å². The van der Waals surface area contributed by atoms with Crippen molar-refractivity contribution in [2.24, 2.45) is 0 Å². The summed E-state index contributed by atoms with van der Waals surface area (Å²) < 4.78 is 28.7. The first-order chi connectivity index (χ1) is 8.88. The lowest BCUT2D eigenvalue weighted by atomic mass is 10.2. The number of benzene rings is 1. The first-order valence-corrected chi connectivity index (χ1v) is 9.27. The molecular formula is C12H11Br2NO2S2. The number of rotatable bonds is 4. The second-order valence-corrected chi connectivity index (χ2v) is 9.21. The summed E-state index contributed by atoms with van der Waals surface area (Å²) >= 11 is 8.05. The smallest absolute Gasteiger partial charge is 0.207 e. The predicted octanol–water partition coefficient (Wildman–Crippen LogP) is 4.06.